The van der Waals surface area contributed by atoms with E-state index >= 15 is 0 Å². The fourth-order valence-electron chi connectivity index (χ4n) is 6.43. The zero-order valence-corrected chi connectivity index (χ0v) is 27.6. The van der Waals surface area contributed by atoms with E-state index < -0.39 is 0 Å². The Labute approximate surface area is 246 Å². The molecule has 1 aromatic rings. The van der Waals surface area contributed by atoms with Gasteiger partial charge in [0.05, 0.1) is 12.0 Å². The minimum absolute atomic E-state index is 0.621. The van der Waals surface area contributed by atoms with E-state index in [0.29, 0.717) is 12.0 Å². The molecule has 1 aromatic heterocycles. The molecule has 1 rings (SSSR count). The van der Waals surface area contributed by atoms with Crippen LogP contribution >= 0.6 is 0 Å². The minimum atomic E-state index is 0.621. The van der Waals surface area contributed by atoms with Crippen molar-refractivity contribution in [3.63, 3.8) is 0 Å². The largest absolute Gasteiger partial charge is 0.257 e. The van der Waals surface area contributed by atoms with Crippen LogP contribution in [0.1, 0.15) is 225 Å². The maximum absolute atomic E-state index is 3.71. The van der Waals surface area contributed by atoms with Crippen LogP contribution in [-0.2, 0) is 0 Å². The standard InChI is InChI=1S/C37H72N2/c1-5-8-11-14-16-17-18-19-20-21-22-23-25-27-30-35(4)39-34-33-38-37(39)36(31-28-24-13-10-7-3)32-29-26-15-12-9-6-2/h33-36H,5-32H2,1-4H3/p+1. The lowest BCUT2D eigenvalue weighted by Gasteiger charge is -2.17. The quantitative estimate of drug-likeness (QED) is 0.0732. The van der Waals surface area contributed by atoms with Crippen LogP contribution in [0.3, 0.4) is 0 Å². The number of aromatic nitrogens is 2. The number of hydrogen-bond donors (Lipinski definition) is 1. The molecule has 0 spiro atoms. The van der Waals surface area contributed by atoms with Crippen molar-refractivity contribution in [3.8, 4) is 0 Å². The lowest BCUT2D eigenvalue weighted by Crippen LogP contribution is -2.41. The highest BCUT2D eigenvalue weighted by atomic mass is 15.1. The summed E-state index contributed by atoms with van der Waals surface area (Å²) in [5.41, 5.74) is 0. The van der Waals surface area contributed by atoms with Gasteiger partial charge in [-0.3, -0.25) is 0 Å². The predicted octanol–water partition coefficient (Wildman–Crippen LogP) is 12.9. The van der Waals surface area contributed by atoms with Gasteiger partial charge in [-0.1, -0.05) is 175 Å². The third-order valence-electron chi connectivity index (χ3n) is 9.14. The second kappa shape index (κ2) is 27.4. The van der Waals surface area contributed by atoms with Crippen molar-refractivity contribution in [1.82, 2.24) is 4.98 Å². The zero-order valence-electron chi connectivity index (χ0n) is 27.6. The molecular weight excluding hydrogens is 472 g/mol. The lowest BCUT2D eigenvalue weighted by molar-refractivity contribution is -0.727. The van der Waals surface area contributed by atoms with Gasteiger partial charge in [-0.25, -0.2) is 9.55 Å². The smallest absolute Gasteiger partial charge is 0.247 e. The number of rotatable bonds is 30. The third kappa shape index (κ3) is 19.8. The summed E-state index contributed by atoms with van der Waals surface area (Å²) in [7, 11) is 0. The van der Waals surface area contributed by atoms with Crippen LogP contribution in [0.5, 0.6) is 0 Å². The fourth-order valence-corrected chi connectivity index (χ4v) is 6.43. The Kier molecular flexibility index (Phi) is 25.4. The molecule has 0 amide bonds. The van der Waals surface area contributed by atoms with Crippen molar-refractivity contribution in [2.75, 3.05) is 0 Å². The highest BCUT2D eigenvalue weighted by Gasteiger charge is 2.25. The molecule has 0 aliphatic rings. The summed E-state index contributed by atoms with van der Waals surface area (Å²) in [6, 6.07) is 0.621. The van der Waals surface area contributed by atoms with Crippen molar-refractivity contribution in [2.24, 2.45) is 0 Å². The van der Waals surface area contributed by atoms with Crippen LogP contribution in [0.4, 0.5) is 0 Å². The van der Waals surface area contributed by atoms with Crippen molar-refractivity contribution >= 4 is 0 Å². The Balaban J connectivity index is 2.29. The van der Waals surface area contributed by atoms with Gasteiger partial charge in [0, 0.05) is 0 Å². The van der Waals surface area contributed by atoms with Crippen molar-refractivity contribution in [1.29, 1.82) is 0 Å². The summed E-state index contributed by atoms with van der Waals surface area (Å²) in [5, 5.41) is 0. The van der Waals surface area contributed by atoms with Crippen molar-refractivity contribution < 1.29 is 4.57 Å². The van der Waals surface area contributed by atoms with Crippen LogP contribution in [0.25, 0.3) is 0 Å². The Hall–Kier alpha value is -0.790. The van der Waals surface area contributed by atoms with Gasteiger partial charge >= 0.3 is 0 Å². The van der Waals surface area contributed by atoms with Gasteiger partial charge < -0.3 is 0 Å². The number of aromatic amines is 1. The average molecular weight is 546 g/mol. The normalized spacial score (nSPS) is 13.2. The van der Waals surface area contributed by atoms with E-state index in [2.05, 4.69) is 49.6 Å². The van der Waals surface area contributed by atoms with Gasteiger partial charge in [-0.15, -0.1) is 0 Å². The minimum Gasteiger partial charge on any atom is -0.247 e. The predicted molar refractivity (Wildman–Crippen MR) is 175 cm³/mol. The molecule has 1 N–H and O–H groups in total. The molecule has 2 nitrogen and oxygen atoms in total. The maximum Gasteiger partial charge on any atom is 0.257 e. The van der Waals surface area contributed by atoms with Crippen molar-refractivity contribution in [3.05, 3.63) is 18.2 Å². The molecule has 0 aliphatic heterocycles. The van der Waals surface area contributed by atoms with Crippen LogP contribution in [0.15, 0.2) is 12.4 Å². The number of nitrogens with one attached hydrogen (secondary N) is 1. The molecule has 2 unspecified atom stereocenters. The average Bonchev–Trinajstić information content (AvgIpc) is 3.44. The van der Waals surface area contributed by atoms with E-state index in [-0.39, 0.29) is 0 Å². The van der Waals surface area contributed by atoms with Crippen LogP contribution in [-0.4, -0.2) is 4.98 Å². The second-order valence-electron chi connectivity index (χ2n) is 12.9. The molecule has 2 heteroatoms. The summed E-state index contributed by atoms with van der Waals surface area (Å²) >= 11 is 0. The van der Waals surface area contributed by atoms with Gasteiger partial charge in [-0.05, 0) is 32.6 Å². The first-order valence-electron chi connectivity index (χ1n) is 18.3. The maximum atomic E-state index is 3.71. The number of nitrogens with zero attached hydrogens (tertiary/aromatic N) is 1. The monoisotopic (exact) mass is 546 g/mol. The molecule has 0 aliphatic carbocycles. The van der Waals surface area contributed by atoms with Crippen LogP contribution in [0.2, 0.25) is 0 Å². The SMILES string of the molecule is CCCCCCCCCCCCCCCCC(C)[n+]1cc[nH]c1C(CCCCCCC)CCCCCCCC. The Morgan fingerprint density at radius 1 is 0.487 bits per heavy atom. The molecule has 0 aromatic carbocycles. The number of unbranched alkanes of at least 4 members (excludes halogenated alkanes) is 22. The topological polar surface area (TPSA) is 19.7 Å². The molecule has 2 atom stereocenters. The van der Waals surface area contributed by atoms with E-state index in [1.165, 1.54) is 186 Å². The van der Waals surface area contributed by atoms with E-state index in [0.717, 1.165) is 0 Å². The molecule has 230 valence electrons. The van der Waals surface area contributed by atoms with Crippen molar-refractivity contribution in [2.45, 2.75) is 219 Å². The van der Waals surface area contributed by atoms with E-state index in [4.69, 9.17) is 0 Å². The molecule has 39 heavy (non-hydrogen) atoms. The van der Waals surface area contributed by atoms with Gasteiger partial charge in [0.1, 0.15) is 12.4 Å². The van der Waals surface area contributed by atoms with Crippen LogP contribution < -0.4 is 4.57 Å². The second-order valence-corrected chi connectivity index (χ2v) is 12.9. The first kappa shape index (κ1) is 36.2. The molecule has 0 saturated heterocycles. The Morgan fingerprint density at radius 2 is 0.821 bits per heavy atom. The van der Waals surface area contributed by atoms with Crippen LogP contribution in [0, 0.1) is 0 Å². The van der Waals surface area contributed by atoms with Gasteiger partial charge in [0.25, 0.3) is 5.82 Å². The van der Waals surface area contributed by atoms with Gasteiger partial charge in [0.2, 0.25) is 0 Å². The summed E-state index contributed by atoms with van der Waals surface area (Å²) < 4.78 is 2.62. The number of imidazole rings is 1. The zero-order chi connectivity index (χ0) is 28.2. The summed E-state index contributed by atoms with van der Waals surface area (Å²) in [6.45, 7) is 9.41. The molecule has 0 saturated carbocycles. The Morgan fingerprint density at radius 3 is 1.21 bits per heavy atom. The third-order valence-corrected chi connectivity index (χ3v) is 9.14. The Bertz CT molecular complexity index is 606. The van der Waals surface area contributed by atoms with Gasteiger partial charge in [0.15, 0.2) is 0 Å². The van der Waals surface area contributed by atoms with E-state index in [1.807, 2.05) is 0 Å². The van der Waals surface area contributed by atoms with E-state index in [1.54, 1.807) is 0 Å². The highest BCUT2D eigenvalue weighted by molar-refractivity contribution is 4.90. The molecule has 1 heterocycles. The highest BCUT2D eigenvalue weighted by Crippen LogP contribution is 2.27. The lowest BCUT2D eigenvalue weighted by atomic mass is 9.93. The summed E-state index contributed by atoms with van der Waals surface area (Å²) in [6.07, 6.45) is 44.2. The first-order chi connectivity index (χ1) is 19.2. The van der Waals surface area contributed by atoms with Gasteiger partial charge in [-0.2, -0.15) is 0 Å². The molecule has 0 fully saturated rings. The number of H-pyrrole nitrogens is 1. The first-order valence-corrected chi connectivity index (χ1v) is 18.3. The summed E-state index contributed by atoms with van der Waals surface area (Å²) in [4.78, 5) is 3.71. The number of hydrogen-bond acceptors (Lipinski definition) is 0. The molecular formula is C37H73N2+. The molecule has 0 bridgehead atoms. The summed E-state index contributed by atoms with van der Waals surface area (Å²) in [5.74, 6) is 2.24. The van der Waals surface area contributed by atoms with E-state index in [9.17, 15) is 0 Å². The fraction of sp³-hybridized carbons (Fsp3) is 0.919. The molecule has 0 radical (unpaired) electrons.